The van der Waals surface area contributed by atoms with Crippen molar-refractivity contribution in [2.75, 3.05) is 19.0 Å². The van der Waals surface area contributed by atoms with Crippen LogP contribution in [0.2, 0.25) is 0 Å². The maximum atomic E-state index is 14.3. The third-order valence-corrected chi connectivity index (χ3v) is 10.7. The molecule has 2 N–H and O–H groups in total. The molecule has 4 aliphatic carbocycles. The van der Waals surface area contributed by atoms with Crippen LogP contribution >= 0.6 is 0 Å². The van der Waals surface area contributed by atoms with Gasteiger partial charge in [-0.2, -0.15) is 0 Å². The zero-order chi connectivity index (χ0) is 27.6. The summed E-state index contributed by atoms with van der Waals surface area (Å²) in [6, 6.07) is 7.53. The lowest BCUT2D eigenvalue weighted by molar-refractivity contribution is -0.200. The third-order valence-electron chi connectivity index (χ3n) is 10.7. The summed E-state index contributed by atoms with van der Waals surface area (Å²) < 4.78 is 19.2. The van der Waals surface area contributed by atoms with E-state index in [2.05, 4.69) is 26.1 Å². The number of aliphatic hydroxyl groups excluding tert-OH is 1. The minimum Gasteiger partial charge on any atom is -0.486 e. The van der Waals surface area contributed by atoms with Gasteiger partial charge in [0.25, 0.3) is 0 Å². The molecule has 0 radical (unpaired) electrons. The first-order chi connectivity index (χ1) is 18.7. The Labute approximate surface area is 231 Å². The van der Waals surface area contributed by atoms with Crippen molar-refractivity contribution < 1.29 is 28.9 Å². The molecule has 0 aromatic heterocycles. The van der Waals surface area contributed by atoms with Gasteiger partial charge in [-0.1, -0.05) is 38.8 Å². The number of aliphatic hydroxyl groups is 1. The monoisotopic (exact) mass is 535 g/mol. The second-order valence-electron chi connectivity index (χ2n) is 12.6. The Kier molecular flexibility index (Phi) is 6.56. The normalized spacial score (nSPS) is 42.2. The predicted molar refractivity (Wildman–Crippen MR) is 147 cm³/mol. The van der Waals surface area contributed by atoms with E-state index in [4.69, 9.17) is 14.2 Å². The van der Waals surface area contributed by atoms with Gasteiger partial charge in [0.15, 0.2) is 17.7 Å². The molecular formula is C32H41NO6. The Morgan fingerprint density at radius 2 is 2.00 bits per heavy atom. The number of hydrogen-bond acceptors (Lipinski definition) is 7. The predicted octanol–water partition coefficient (Wildman–Crippen LogP) is 4.85. The highest BCUT2D eigenvalue weighted by Crippen LogP contribution is 2.69. The number of hydrogen-bond donors (Lipinski definition) is 2. The maximum absolute atomic E-state index is 14.3. The fraction of sp³-hybridized carbons (Fsp3) is 0.625. The first-order valence-corrected chi connectivity index (χ1v) is 14.6. The van der Waals surface area contributed by atoms with Crippen LogP contribution in [0.3, 0.4) is 0 Å². The second kappa shape index (κ2) is 9.57. The van der Waals surface area contributed by atoms with E-state index in [0.29, 0.717) is 12.2 Å². The molecule has 1 aliphatic heterocycles. The number of allylic oxidation sites excluding steroid dienone is 4. The largest absolute Gasteiger partial charge is 0.486 e. The van der Waals surface area contributed by atoms with Crippen LogP contribution in [-0.2, 0) is 19.1 Å². The lowest BCUT2D eigenvalue weighted by Crippen LogP contribution is -2.63. The number of ether oxygens (including phenoxy) is 3. The number of carbonyl (C=O) groups is 2. The molecule has 1 heterocycles. The molecule has 1 aromatic rings. The molecule has 5 aliphatic rings. The zero-order valence-electron chi connectivity index (χ0n) is 23.4. The molecule has 1 saturated heterocycles. The molecule has 0 bridgehead atoms. The summed E-state index contributed by atoms with van der Waals surface area (Å²) >= 11 is 0. The molecule has 0 unspecified atom stereocenters. The highest BCUT2D eigenvalue weighted by atomic mass is 16.7. The van der Waals surface area contributed by atoms with Crippen LogP contribution in [0, 0.1) is 28.6 Å². The van der Waals surface area contributed by atoms with Gasteiger partial charge in [0.2, 0.25) is 5.78 Å². The van der Waals surface area contributed by atoms with Crippen molar-refractivity contribution in [2.24, 2.45) is 28.6 Å². The van der Waals surface area contributed by atoms with Crippen LogP contribution in [0.5, 0.6) is 5.75 Å². The minimum atomic E-state index is -1.16. The maximum Gasteiger partial charge on any atom is 0.205 e. The Morgan fingerprint density at radius 1 is 1.23 bits per heavy atom. The van der Waals surface area contributed by atoms with Crippen LogP contribution in [0.15, 0.2) is 48.1 Å². The van der Waals surface area contributed by atoms with E-state index in [-0.39, 0.29) is 47.4 Å². The zero-order valence-corrected chi connectivity index (χ0v) is 23.4. The van der Waals surface area contributed by atoms with E-state index >= 15 is 0 Å². The average Bonchev–Trinajstić information content (AvgIpc) is 3.40. The third kappa shape index (κ3) is 3.87. The van der Waals surface area contributed by atoms with Crippen LogP contribution in [0.4, 0.5) is 5.69 Å². The lowest BCUT2D eigenvalue weighted by atomic mass is 9.46. The van der Waals surface area contributed by atoms with Crippen molar-refractivity contribution in [3.63, 3.8) is 0 Å². The van der Waals surface area contributed by atoms with Crippen molar-refractivity contribution in [3.05, 3.63) is 48.1 Å². The van der Waals surface area contributed by atoms with Crippen LogP contribution in [0.1, 0.15) is 59.3 Å². The van der Waals surface area contributed by atoms with Crippen LogP contribution in [0.25, 0.3) is 0 Å². The van der Waals surface area contributed by atoms with E-state index in [1.54, 1.807) is 12.2 Å². The van der Waals surface area contributed by atoms with Gasteiger partial charge in [-0.15, -0.1) is 0 Å². The summed E-state index contributed by atoms with van der Waals surface area (Å²) in [5.41, 5.74) is -0.0274. The number of ketones is 2. The van der Waals surface area contributed by atoms with Crippen LogP contribution < -0.4 is 10.1 Å². The minimum absolute atomic E-state index is 0.0146. The Balaban J connectivity index is 1.32. The summed E-state index contributed by atoms with van der Waals surface area (Å²) in [5, 5.41) is 14.9. The molecule has 1 aromatic carbocycles. The van der Waals surface area contributed by atoms with Crippen molar-refractivity contribution in [3.8, 4) is 5.75 Å². The van der Waals surface area contributed by atoms with Gasteiger partial charge >= 0.3 is 0 Å². The molecule has 0 amide bonds. The molecule has 3 saturated carbocycles. The van der Waals surface area contributed by atoms with Gasteiger partial charge in [-0.3, -0.25) is 9.59 Å². The van der Waals surface area contributed by atoms with Gasteiger partial charge in [0, 0.05) is 29.5 Å². The van der Waals surface area contributed by atoms with E-state index < -0.39 is 23.4 Å². The average molecular weight is 536 g/mol. The van der Waals surface area contributed by atoms with Gasteiger partial charge in [-0.05, 0) is 80.4 Å². The lowest BCUT2D eigenvalue weighted by Gasteiger charge is -2.59. The molecule has 210 valence electrons. The number of anilines is 1. The molecular weight excluding hydrogens is 494 g/mol. The van der Waals surface area contributed by atoms with Crippen molar-refractivity contribution in [1.82, 2.24) is 0 Å². The van der Waals surface area contributed by atoms with E-state index in [0.717, 1.165) is 43.4 Å². The summed E-state index contributed by atoms with van der Waals surface area (Å²) in [6.07, 6.45) is 8.50. The summed E-state index contributed by atoms with van der Waals surface area (Å²) in [5.74, 6) is 0.883. The van der Waals surface area contributed by atoms with Gasteiger partial charge < -0.3 is 24.6 Å². The second-order valence-corrected chi connectivity index (χ2v) is 12.6. The van der Waals surface area contributed by atoms with Crippen molar-refractivity contribution >= 4 is 17.3 Å². The number of nitrogens with one attached hydrogen (secondary N) is 1. The van der Waals surface area contributed by atoms with E-state index in [1.807, 2.05) is 37.4 Å². The summed E-state index contributed by atoms with van der Waals surface area (Å²) in [7, 11) is 1.86. The molecule has 7 heteroatoms. The number of rotatable bonds is 7. The molecule has 0 spiro atoms. The quantitative estimate of drug-likeness (QED) is 0.516. The van der Waals surface area contributed by atoms with Gasteiger partial charge in [-0.25, -0.2) is 0 Å². The molecule has 9 atom stereocenters. The molecule has 39 heavy (non-hydrogen) atoms. The Bertz CT molecular complexity index is 1210. The topological polar surface area (TPSA) is 94.1 Å². The Hall–Kier alpha value is -2.48. The van der Waals surface area contributed by atoms with Crippen molar-refractivity contribution in [1.29, 1.82) is 0 Å². The van der Waals surface area contributed by atoms with Gasteiger partial charge in [0.1, 0.15) is 12.4 Å². The number of carbonyl (C=O) groups excluding carboxylic acids is 2. The van der Waals surface area contributed by atoms with E-state index in [9.17, 15) is 14.7 Å². The van der Waals surface area contributed by atoms with Crippen LogP contribution in [-0.4, -0.2) is 54.4 Å². The number of Topliss-reactive ketones (excluding diaryl/α,β-unsaturated/α-hetero) is 1. The van der Waals surface area contributed by atoms with E-state index in [1.165, 1.54) is 0 Å². The smallest absolute Gasteiger partial charge is 0.205 e. The number of fused-ring (bicyclic) bond motifs is 7. The number of benzene rings is 1. The first kappa shape index (κ1) is 26.7. The highest BCUT2D eigenvalue weighted by molar-refractivity contribution is 6.01. The standard InChI is InChI=1S/C32H41NO6/c1-5-6-28-38-27-16-24-23-12-7-19-15-21(34)13-14-30(19,2)29(23)25(35)17-31(24,3)32(27,39-28)26(36)18-37-22-10-8-20(33-4)9-11-22/h8-11,13-15,23-25,27-29,33,35H,5-7,12,16-18H2,1-4H3/t23-,24-,25-,27+,28+,29+,30-,31-,32+/m0/s1. The fourth-order valence-electron chi connectivity index (χ4n) is 8.98. The summed E-state index contributed by atoms with van der Waals surface area (Å²) in [6.45, 7) is 6.28. The fourth-order valence-corrected chi connectivity index (χ4v) is 8.98. The van der Waals surface area contributed by atoms with Crippen molar-refractivity contribution in [2.45, 2.75) is 83.4 Å². The highest BCUT2D eigenvalue weighted by Gasteiger charge is 2.75. The van der Waals surface area contributed by atoms with Gasteiger partial charge in [0.05, 0.1) is 12.2 Å². The molecule has 4 fully saturated rings. The Morgan fingerprint density at radius 3 is 2.72 bits per heavy atom. The summed E-state index contributed by atoms with van der Waals surface area (Å²) in [4.78, 5) is 26.4. The molecule has 6 rings (SSSR count). The molecule has 7 nitrogen and oxygen atoms in total. The SMILES string of the molecule is CCC[C@@H]1O[C@@H]2C[C@H]3[C@@H]4CCC5=CC(=O)C=C[C@]5(C)[C@H]4[C@@H](O)C[C@]3(C)[C@]2(C(=O)COc2ccc(NC)cc2)O1. The first-order valence-electron chi connectivity index (χ1n) is 14.6.